The molecule has 0 saturated carbocycles. The molecular formula is C23H25N7O. The lowest BCUT2D eigenvalue weighted by Crippen LogP contribution is -2.50. The molecule has 2 aliphatic heterocycles. The van der Waals surface area contributed by atoms with Gasteiger partial charge in [0.15, 0.2) is 5.65 Å². The number of piperazine rings is 1. The van der Waals surface area contributed by atoms with Gasteiger partial charge in [-0.15, -0.1) is 0 Å². The van der Waals surface area contributed by atoms with E-state index in [1.165, 1.54) is 19.4 Å². The number of rotatable bonds is 2. The predicted octanol–water partition coefficient (Wildman–Crippen LogP) is 2.31. The largest absolute Gasteiger partial charge is 0.367 e. The summed E-state index contributed by atoms with van der Waals surface area (Å²) in [6, 6.07) is 8.17. The van der Waals surface area contributed by atoms with E-state index < -0.39 is 0 Å². The van der Waals surface area contributed by atoms with Crippen molar-refractivity contribution in [2.45, 2.75) is 32.7 Å². The van der Waals surface area contributed by atoms with Crippen LogP contribution in [0.3, 0.4) is 0 Å². The van der Waals surface area contributed by atoms with Crippen molar-refractivity contribution >= 4 is 17.0 Å². The van der Waals surface area contributed by atoms with Gasteiger partial charge in [0.05, 0.1) is 23.3 Å². The molecule has 2 aliphatic rings. The second-order valence-electron chi connectivity index (χ2n) is 8.74. The van der Waals surface area contributed by atoms with E-state index in [1.807, 2.05) is 38.4 Å². The highest BCUT2D eigenvalue weighted by atomic mass is 16.1. The zero-order chi connectivity index (χ0) is 21.1. The molecule has 6 rings (SSSR count). The molecular weight excluding hydrogens is 390 g/mol. The van der Waals surface area contributed by atoms with E-state index in [-0.39, 0.29) is 5.56 Å². The number of aryl methyl sites for hydroxylation is 2. The zero-order valence-corrected chi connectivity index (χ0v) is 17.8. The summed E-state index contributed by atoms with van der Waals surface area (Å²) in [4.78, 5) is 27.2. The van der Waals surface area contributed by atoms with E-state index >= 15 is 0 Å². The molecule has 4 aromatic heterocycles. The summed E-state index contributed by atoms with van der Waals surface area (Å²) in [5.74, 6) is 0. The number of nitrogens with zero attached hydrogens (tertiary/aromatic N) is 7. The Hall–Kier alpha value is -3.26. The molecule has 158 valence electrons. The van der Waals surface area contributed by atoms with Gasteiger partial charge in [-0.1, -0.05) is 0 Å². The zero-order valence-electron chi connectivity index (χ0n) is 17.8. The average molecular weight is 416 g/mol. The van der Waals surface area contributed by atoms with E-state index in [2.05, 4.69) is 25.9 Å². The normalized spacial score (nSPS) is 19.4. The lowest BCUT2D eigenvalue weighted by Gasteiger charge is -2.38. The minimum Gasteiger partial charge on any atom is -0.367 e. The molecule has 1 atom stereocenters. The van der Waals surface area contributed by atoms with Gasteiger partial charge in [0.2, 0.25) is 0 Å². The van der Waals surface area contributed by atoms with Gasteiger partial charge in [-0.25, -0.2) is 14.5 Å². The van der Waals surface area contributed by atoms with Crippen molar-refractivity contribution in [2.75, 3.05) is 31.1 Å². The number of hydrogen-bond acceptors (Lipinski definition) is 6. The second-order valence-corrected chi connectivity index (χ2v) is 8.74. The maximum atomic E-state index is 13.0. The fraction of sp³-hybridized carbons (Fsp3) is 0.391. The Kier molecular flexibility index (Phi) is 4.11. The van der Waals surface area contributed by atoms with Gasteiger partial charge in [0.1, 0.15) is 11.3 Å². The third-order valence-corrected chi connectivity index (χ3v) is 6.59. The van der Waals surface area contributed by atoms with E-state index in [9.17, 15) is 4.79 Å². The Morgan fingerprint density at radius 2 is 1.90 bits per heavy atom. The van der Waals surface area contributed by atoms with Gasteiger partial charge in [-0.2, -0.15) is 5.10 Å². The van der Waals surface area contributed by atoms with E-state index in [0.717, 1.165) is 42.2 Å². The first-order chi connectivity index (χ1) is 15.0. The quantitative estimate of drug-likeness (QED) is 0.500. The van der Waals surface area contributed by atoms with Crippen LogP contribution in [0.25, 0.3) is 22.7 Å². The first-order valence-corrected chi connectivity index (χ1v) is 10.9. The number of fused-ring (bicyclic) bond motifs is 3. The molecule has 2 saturated heterocycles. The average Bonchev–Trinajstić information content (AvgIpc) is 3.38. The summed E-state index contributed by atoms with van der Waals surface area (Å²) in [5, 5.41) is 4.63. The fourth-order valence-corrected chi connectivity index (χ4v) is 5.01. The molecule has 0 amide bonds. The molecule has 31 heavy (non-hydrogen) atoms. The Morgan fingerprint density at radius 1 is 1.00 bits per heavy atom. The van der Waals surface area contributed by atoms with Crippen molar-refractivity contribution in [3.63, 3.8) is 0 Å². The van der Waals surface area contributed by atoms with E-state index in [4.69, 9.17) is 4.98 Å². The summed E-state index contributed by atoms with van der Waals surface area (Å²) in [5.41, 5.74) is 5.60. The summed E-state index contributed by atoms with van der Waals surface area (Å²) < 4.78 is 3.40. The molecule has 2 fully saturated rings. The maximum Gasteiger partial charge on any atom is 0.258 e. The fourth-order valence-electron chi connectivity index (χ4n) is 5.01. The Morgan fingerprint density at radius 3 is 2.81 bits per heavy atom. The van der Waals surface area contributed by atoms with Crippen LogP contribution in [0.15, 0.2) is 41.5 Å². The second kappa shape index (κ2) is 6.88. The third kappa shape index (κ3) is 3.09. The molecule has 0 bridgehead atoms. The number of anilines is 1. The Labute approximate surface area is 179 Å². The first-order valence-electron chi connectivity index (χ1n) is 10.9. The van der Waals surface area contributed by atoms with Crippen LogP contribution in [-0.4, -0.2) is 61.1 Å². The molecule has 0 radical (unpaired) electrons. The SMILES string of the molecule is Cc1cn2nc(-c3cc(=O)n4cc(N5CCN6CCC[C@@H]6C5)ccc4n3)cc(C)c2n1. The van der Waals surface area contributed by atoms with Gasteiger partial charge >= 0.3 is 0 Å². The summed E-state index contributed by atoms with van der Waals surface area (Å²) in [7, 11) is 0. The predicted molar refractivity (Wildman–Crippen MR) is 120 cm³/mol. The van der Waals surface area contributed by atoms with Crippen LogP contribution in [0.1, 0.15) is 24.1 Å². The molecule has 0 aliphatic carbocycles. The van der Waals surface area contributed by atoms with Crippen LogP contribution in [0.5, 0.6) is 0 Å². The highest BCUT2D eigenvalue weighted by Crippen LogP contribution is 2.26. The number of imidazole rings is 1. The monoisotopic (exact) mass is 415 g/mol. The minimum absolute atomic E-state index is 0.0947. The van der Waals surface area contributed by atoms with E-state index in [0.29, 0.717) is 23.1 Å². The van der Waals surface area contributed by atoms with Crippen molar-refractivity contribution < 1.29 is 0 Å². The van der Waals surface area contributed by atoms with Crippen molar-refractivity contribution in [1.29, 1.82) is 0 Å². The molecule has 6 heterocycles. The number of pyridine rings is 1. The Bertz CT molecular complexity index is 1370. The van der Waals surface area contributed by atoms with Crippen molar-refractivity contribution in [3.8, 4) is 11.4 Å². The van der Waals surface area contributed by atoms with Crippen LogP contribution >= 0.6 is 0 Å². The third-order valence-electron chi connectivity index (χ3n) is 6.59. The summed E-state index contributed by atoms with van der Waals surface area (Å²) in [6.45, 7) is 8.28. The first kappa shape index (κ1) is 18.5. The lowest BCUT2D eigenvalue weighted by atomic mass is 10.1. The van der Waals surface area contributed by atoms with Crippen molar-refractivity contribution in [2.24, 2.45) is 0 Å². The van der Waals surface area contributed by atoms with Crippen molar-refractivity contribution in [1.82, 2.24) is 28.9 Å². The Balaban J connectivity index is 1.38. The van der Waals surface area contributed by atoms with Gasteiger partial charge in [0.25, 0.3) is 5.56 Å². The van der Waals surface area contributed by atoms with Crippen LogP contribution in [0, 0.1) is 13.8 Å². The minimum atomic E-state index is -0.0947. The topological polar surface area (TPSA) is 71.0 Å². The van der Waals surface area contributed by atoms with Gasteiger partial charge in [-0.3, -0.25) is 14.1 Å². The van der Waals surface area contributed by atoms with Gasteiger partial charge < -0.3 is 4.90 Å². The standard InChI is InChI=1S/C23H25N7O/c1-15-10-20(26-30-12-16(2)24-23(15)30)19-11-22(31)29-14-18(5-6-21(29)25-19)28-9-8-27-7-3-4-17(27)13-28/h5-6,10-12,14,17H,3-4,7-9,13H2,1-2H3/t17-/m1/s1. The lowest BCUT2D eigenvalue weighted by molar-refractivity contribution is 0.231. The highest BCUT2D eigenvalue weighted by molar-refractivity contribution is 5.62. The number of aromatic nitrogens is 5. The maximum absolute atomic E-state index is 13.0. The molecule has 0 aromatic carbocycles. The van der Waals surface area contributed by atoms with Crippen LogP contribution in [-0.2, 0) is 0 Å². The molecule has 0 spiro atoms. The van der Waals surface area contributed by atoms with Crippen LogP contribution in [0.2, 0.25) is 0 Å². The molecule has 8 heteroatoms. The summed E-state index contributed by atoms with van der Waals surface area (Å²) in [6.07, 6.45) is 6.37. The summed E-state index contributed by atoms with van der Waals surface area (Å²) >= 11 is 0. The van der Waals surface area contributed by atoms with Crippen molar-refractivity contribution in [3.05, 3.63) is 58.3 Å². The smallest absolute Gasteiger partial charge is 0.258 e. The highest BCUT2D eigenvalue weighted by Gasteiger charge is 2.30. The van der Waals surface area contributed by atoms with Crippen LogP contribution in [0.4, 0.5) is 5.69 Å². The molecule has 0 unspecified atom stereocenters. The van der Waals surface area contributed by atoms with E-state index in [1.54, 1.807) is 15.0 Å². The molecule has 0 N–H and O–H groups in total. The number of hydrogen-bond donors (Lipinski definition) is 0. The molecule has 8 nitrogen and oxygen atoms in total. The molecule has 4 aromatic rings. The van der Waals surface area contributed by atoms with Gasteiger partial charge in [0, 0.05) is 37.9 Å². The van der Waals surface area contributed by atoms with Gasteiger partial charge in [-0.05, 0) is 57.0 Å². The van der Waals surface area contributed by atoms with Crippen LogP contribution < -0.4 is 10.5 Å².